The summed E-state index contributed by atoms with van der Waals surface area (Å²) in [6.07, 6.45) is -0.243. The molecule has 4 atom stereocenters. The van der Waals surface area contributed by atoms with Crippen LogP contribution in [0.3, 0.4) is 0 Å². The molecule has 0 aromatic heterocycles. The van der Waals surface area contributed by atoms with Crippen molar-refractivity contribution in [3.05, 3.63) is 35.9 Å². The molecule has 1 aliphatic rings. The molecule has 0 aliphatic carbocycles. The summed E-state index contributed by atoms with van der Waals surface area (Å²) in [5.74, 6) is -2.87. The summed E-state index contributed by atoms with van der Waals surface area (Å²) in [4.78, 5) is 38.0. The smallest absolute Gasteiger partial charge is 0.345 e. The molecule has 3 N–H and O–H groups in total. The van der Waals surface area contributed by atoms with Crippen LogP contribution in [-0.2, 0) is 35.0 Å². The molecule has 1 aromatic carbocycles. The van der Waals surface area contributed by atoms with Crippen molar-refractivity contribution >= 4 is 17.5 Å². The van der Waals surface area contributed by atoms with Crippen LogP contribution < -0.4 is 11.1 Å². The number of nitrogens with two attached hydrogens (primary N) is 1. The van der Waals surface area contributed by atoms with Crippen molar-refractivity contribution in [2.24, 2.45) is 11.7 Å². The van der Waals surface area contributed by atoms with Crippen LogP contribution in [0.15, 0.2) is 30.3 Å². The number of nitrogens with one attached hydrogen (secondary N) is 1. The molecule has 31 heavy (non-hydrogen) atoms. The van der Waals surface area contributed by atoms with Crippen molar-refractivity contribution in [3.63, 3.8) is 0 Å². The van der Waals surface area contributed by atoms with Gasteiger partial charge in [-0.05, 0) is 18.9 Å². The number of epoxide rings is 1. The van der Waals surface area contributed by atoms with Crippen LogP contribution in [0, 0.1) is 5.92 Å². The van der Waals surface area contributed by atoms with Gasteiger partial charge in [0.2, 0.25) is 5.91 Å². The molecule has 0 radical (unpaired) electrons. The lowest BCUT2D eigenvalue weighted by Crippen LogP contribution is -2.50. The molecule has 1 amide bonds. The molecule has 1 aliphatic heterocycles. The zero-order chi connectivity index (χ0) is 23.0. The van der Waals surface area contributed by atoms with E-state index in [1.807, 2.05) is 6.07 Å². The number of benzene rings is 1. The number of ether oxygens (including phenoxy) is 3. The molecule has 172 valence electrons. The third-order valence-corrected chi connectivity index (χ3v) is 5.02. The maximum absolute atomic E-state index is 12.9. The molecular formula is C21H28F2N2O6. The first-order chi connectivity index (χ1) is 14.7. The van der Waals surface area contributed by atoms with Gasteiger partial charge in [-0.3, -0.25) is 14.4 Å². The summed E-state index contributed by atoms with van der Waals surface area (Å²) in [5, 5.41) is 2.59. The summed E-state index contributed by atoms with van der Waals surface area (Å²) < 4.78 is 39.4. The summed E-state index contributed by atoms with van der Waals surface area (Å²) in [6.45, 7) is -2.04. The van der Waals surface area contributed by atoms with E-state index in [0.29, 0.717) is 0 Å². The topological polar surface area (TPSA) is 120 Å². The van der Waals surface area contributed by atoms with Crippen molar-refractivity contribution in [3.8, 4) is 0 Å². The van der Waals surface area contributed by atoms with Crippen LogP contribution in [0.1, 0.15) is 18.9 Å². The minimum atomic E-state index is -3.11. The Morgan fingerprint density at radius 3 is 2.42 bits per heavy atom. The molecule has 1 aromatic rings. The molecule has 1 saturated heterocycles. The maximum atomic E-state index is 12.9. The van der Waals surface area contributed by atoms with E-state index in [4.69, 9.17) is 15.2 Å². The number of carbonyl (C=O) groups is 3. The lowest BCUT2D eigenvalue weighted by molar-refractivity contribution is -0.152. The van der Waals surface area contributed by atoms with Gasteiger partial charge in [-0.2, -0.15) is 8.78 Å². The van der Waals surface area contributed by atoms with Gasteiger partial charge in [-0.1, -0.05) is 30.3 Å². The average Bonchev–Trinajstić information content (AvgIpc) is 3.49. The fourth-order valence-corrected chi connectivity index (χ4v) is 3.05. The van der Waals surface area contributed by atoms with Gasteiger partial charge in [0.05, 0.1) is 37.8 Å². The number of methoxy groups -OCH3 is 1. The Morgan fingerprint density at radius 1 is 1.23 bits per heavy atom. The predicted octanol–water partition coefficient (Wildman–Crippen LogP) is 0.860. The maximum Gasteiger partial charge on any atom is 0.345 e. The number of hydrogen-bond acceptors (Lipinski definition) is 7. The van der Waals surface area contributed by atoms with Crippen LogP contribution in [-0.4, -0.2) is 68.7 Å². The third-order valence-electron chi connectivity index (χ3n) is 5.02. The van der Waals surface area contributed by atoms with Crippen LogP contribution >= 0.6 is 0 Å². The Hall–Kier alpha value is -2.27. The van der Waals surface area contributed by atoms with Crippen LogP contribution in [0.25, 0.3) is 0 Å². The van der Waals surface area contributed by atoms with Gasteiger partial charge < -0.3 is 25.3 Å². The van der Waals surface area contributed by atoms with Crippen molar-refractivity contribution < 1.29 is 37.4 Å². The molecule has 0 saturated carbocycles. The first kappa shape index (κ1) is 25.0. The van der Waals surface area contributed by atoms with Crippen molar-refractivity contribution in [2.45, 2.75) is 44.1 Å². The molecule has 0 spiro atoms. The average molecular weight is 442 g/mol. The van der Waals surface area contributed by atoms with Gasteiger partial charge in [-0.25, -0.2) is 0 Å². The summed E-state index contributed by atoms with van der Waals surface area (Å²) in [6, 6.07) is 7.04. The minimum absolute atomic E-state index is 0.0757. The zero-order valence-electron chi connectivity index (χ0n) is 17.5. The number of carbonyl (C=O) groups excluding carboxylic acids is 3. The molecule has 1 fully saturated rings. The van der Waals surface area contributed by atoms with E-state index < -0.39 is 54.9 Å². The lowest BCUT2D eigenvalue weighted by atomic mass is 9.93. The highest BCUT2D eigenvalue weighted by Crippen LogP contribution is 2.29. The van der Waals surface area contributed by atoms with E-state index >= 15 is 0 Å². The van der Waals surface area contributed by atoms with Crippen molar-refractivity contribution in [1.29, 1.82) is 0 Å². The van der Waals surface area contributed by atoms with Crippen molar-refractivity contribution in [1.82, 2.24) is 5.32 Å². The van der Waals surface area contributed by atoms with E-state index in [9.17, 15) is 23.2 Å². The number of ketones is 2. The monoisotopic (exact) mass is 442 g/mol. The zero-order valence-corrected chi connectivity index (χ0v) is 17.5. The van der Waals surface area contributed by atoms with Gasteiger partial charge in [0.25, 0.3) is 0 Å². The van der Waals surface area contributed by atoms with Gasteiger partial charge in [0, 0.05) is 13.5 Å². The number of rotatable bonds is 14. The van der Waals surface area contributed by atoms with Gasteiger partial charge in [0.15, 0.2) is 11.6 Å². The molecule has 8 nitrogen and oxygen atoms in total. The standard InChI is InChI=1S/C21H28F2N2O6/c1-21(12-31-21)18(27)16(8-13-6-4-3-5-7-13)25-19(28)14(10-30-20(22)23)9-17(26)15(24)11-29-2/h3-7,14-16,20H,8-12,24H2,1-2H3,(H,25,28)/t14-,15-,16-,21+/m0/s1. The molecule has 0 unspecified atom stereocenters. The molecule has 1 heterocycles. The van der Waals surface area contributed by atoms with E-state index in [0.717, 1.165) is 5.56 Å². The normalized spacial score (nSPS) is 20.7. The van der Waals surface area contributed by atoms with Crippen molar-refractivity contribution in [2.75, 3.05) is 26.9 Å². The SMILES string of the molecule is COC[C@H](N)C(=O)C[C@@H](COC(F)F)C(=O)N[C@@H](Cc1ccccc1)C(=O)[C@@]1(C)CO1. The van der Waals surface area contributed by atoms with E-state index in [-0.39, 0.29) is 25.4 Å². The summed E-state index contributed by atoms with van der Waals surface area (Å²) in [5.41, 5.74) is 5.48. The first-order valence-electron chi connectivity index (χ1n) is 9.86. The summed E-state index contributed by atoms with van der Waals surface area (Å²) in [7, 11) is 1.36. The Kier molecular flexibility index (Phi) is 9.17. The number of Topliss-reactive ketones (excluding diaryl/α,β-unsaturated/α-hetero) is 2. The third kappa shape index (κ3) is 7.73. The van der Waals surface area contributed by atoms with Gasteiger partial charge in [-0.15, -0.1) is 0 Å². The number of hydrogen-bond donors (Lipinski definition) is 2. The Bertz CT molecular complexity index is 757. The minimum Gasteiger partial charge on any atom is -0.383 e. The molecule has 10 heteroatoms. The van der Waals surface area contributed by atoms with Crippen LogP contribution in [0.2, 0.25) is 0 Å². The van der Waals surface area contributed by atoms with Crippen LogP contribution in [0.5, 0.6) is 0 Å². The van der Waals surface area contributed by atoms with Gasteiger partial charge >= 0.3 is 6.61 Å². The number of amides is 1. The molecule has 2 rings (SSSR count). The molecular weight excluding hydrogens is 414 g/mol. The second kappa shape index (κ2) is 11.4. The summed E-state index contributed by atoms with van der Waals surface area (Å²) >= 11 is 0. The van der Waals surface area contributed by atoms with E-state index in [2.05, 4.69) is 10.1 Å². The predicted molar refractivity (Wildman–Crippen MR) is 106 cm³/mol. The first-order valence-corrected chi connectivity index (χ1v) is 9.86. The Labute approximate surface area is 179 Å². The second-order valence-corrected chi connectivity index (χ2v) is 7.66. The fraction of sp³-hybridized carbons (Fsp3) is 0.571. The highest BCUT2D eigenvalue weighted by molar-refractivity contribution is 5.97. The van der Waals surface area contributed by atoms with E-state index in [1.54, 1.807) is 31.2 Å². The van der Waals surface area contributed by atoms with Crippen LogP contribution in [0.4, 0.5) is 8.78 Å². The Morgan fingerprint density at radius 2 is 1.87 bits per heavy atom. The van der Waals surface area contributed by atoms with E-state index in [1.165, 1.54) is 7.11 Å². The number of halogens is 2. The Balaban J connectivity index is 2.14. The number of alkyl halides is 2. The molecule has 0 bridgehead atoms. The lowest BCUT2D eigenvalue weighted by Gasteiger charge is -2.24. The fourth-order valence-electron chi connectivity index (χ4n) is 3.05. The second-order valence-electron chi connectivity index (χ2n) is 7.66. The largest absolute Gasteiger partial charge is 0.383 e. The highest BCUT2D eigenvalue weighted by Gasteiger charge is 2.50. The highest BCUT2D eigenvalue weighted by atomic mass is 19.3. The van der Waals surface area contributed by atoms with Gasteiger partial charge in [0.1, 0.15) is 5.60 Å². The quantitative estimate of drug-likeness (QED) is 0.410.